The molecule has 0 aromatic heterocycles. The number of methoxy groups -OCH3 is 1. The average Bonchev–Trinajstić information content (AvgIpc) is 3.46. The molecule has 39 heavy (non-hydrogen) atoms. The van der Waals surface area contributed by atoms with Gasteiger partial charge in [-0.05, 0) is 77.1 Å². The lowest BCUT2D eigenvalue weighted by atomic mass is 9.77. The molecular weight excluding hydrogens is 511 g/mol. The van der Waals surface area contributed by atoms with Crippen molar-refractivity contribution in [2.24, 2.45) is 10.9 Å². The van der Waals surface area contributed by atoms with Gasteiger partial charge in [0.2, 0.25) is 0 Å². The molecule has 6 rings (SSSR count). The van der Waals surface area contributed by atoms with E-state index in [9.17, 15) is 4.39 Å². The monoisotopic (exact) mass is 538 g/mol. The van der Waals surface area contributed by atoms with Gasteiger partial charge in [-0.1, -0.05) is 66.2 Å². The highest BCUT2D eigenvalue weighted by molar-refractivity contribution is 6.32. The van der Waals surface area contributed by atoms with Crippen molar-refractivity contribution >= 4 is 29.2 Å². The number of para-hydroxylation sites is 1. The van der Waals surface area contributed by atoms with E-state index < -0.39 is 0 Å². The van der Waals surface area contributed by atoms with Crippen molar-refractivity contribution in [1.29, 1.82) is 0 Å². The van der Waals surface area contributed by atoms with Gasteiger partial charge in [0.05, 0.1) is 23.9 Å². The molecule has 196 valence electrons. The predicted octanol–water partition coefficient (Wildman–Crippen LogP) is 8.64. The molecule has 2 aliphatic rings. The summed E-state index contributed by atoms with van der Waals surface area (Å²) in [6, 6.07) is 27.1. The van der Waals surface area contributed by atoms with Crippen molar-refractivity contribution in [3.05, 3.63) is 130 Å². The second kappa shape index (κ2) is 11.0. The van der Waals surface area contributed by atoms with Gasteiger partial charge >= 0.3 is 0 Å². The van der Waals surface area contributed by atoms with Gasteiger partial charge in [-0.15, -0.1) is 0 Å². The summed E-state index contributed by atoms with van der Waals surface area (Å²) in [4.78, 5) is 4.66. The summed E-state index contributed by atoms with van der Waals surface area (Å²) < 4.78 is 24.9. The van der Waals surface area contributed by atoms with Crippen LogP contribution in [0.25, 0.3) is 0 Å². The average molecular weight is 539 g/mol. The van der Waals surface area contributed by atoms with Crippen LogP contribution in [0.1, 0.15) is 40.6 Å². The van der Waals surface area contributed by atoms with Crippen molar-refractivity contribution in [2.45, 2.75) is 25.0 Å². The maximum atomic E-state index is 13.5. The summed E-state index contributed by atoms with van der Waals surface area (Å²) >= 11 is 6.53. The van der Waals surface area contributed by atoms with Crippen LogP contribution < -0.4 is 14.8 Å². The zero-order valence-electron chi connectivity index (χ0n) is 21.5. The number of hydrogen-bond acceptors (Lipinski definition) is 4. The van der Waals surface area contributed by atoms with Crippen LogP contribution in [0.2, 0.25) is 5.02 Å². The molecule has 4 aromatic rings. The van der Waals surface area contributed by atoms with Crippen LogP contribution in [-0.2, 0) is 6.61 Å². The molecule has 0 fully saturated rings. The van der Waals surface area contributed by atoms with Crippen LogP contribution in [0.4, 0.5) is 15.8 Å². The van der Waals surface area contributed by atoms with Gasteiger partial charge in [-0.2, -0.15) is 0 Å². The minimum Gasteiger partial charge on any atom is -0.493 e. The van der Waals surface area contributed by atoms with E-state index in [2.05, 4.69) is 58.9 Å². The standard InChI is InChI=1S/C33H28ClFN2O2/c1-38-31-18-22(17-29(34)33(31)39-20-21-6-4-7-24(35)16-21)19-36-25-14-12-23(13-15-25)32-28-10-5-9-26(28)27-8-2-3-11-30(27)37-32/h2-9,11-19,26,28,32,37H,10,20H2,1H3/t26-,28+,32-/m0/s1. The van der Waals surface area contributed by atoms with Crippen molar-refractivity contribution < 1.29 is 13.9 Å². The van der Waals surface area contributed by atoms with Crippen LogP contribution in [0.15, 0.2) is 102 Å². The maximum absolute atomic E-state index is 13.5. The van der Waals surface area contributed by atoms with E-state index in [1.807, 2.05) is 18.2 Å². The summed E-state index contributed by atoms with van der Waals surface area (Å²) in [5.41, 5.74) is 6.18. The highest BCUT2D eigenvalue weighted by atomic mass is 35.5. The van der Waals surface area contributed by atoms with Gasteiger partial charge in [-0.25, -0.2) is 4.39 Å². The summed E-state index contributed by atoms with van der Waals surface area (Å²) in [6.07, 6.45) is 7.49. The Hall–Kier alpha value is -4.09. The van der Waals surface area contributed by atoms with Crippen molar-refractivity contribution in [3.8, 4) is 11.5 Å². The molecule has 1 aliphatic carbocycles. The van der Waals surface area contributed by atoms with Crippen LogP contribution >= 0.6 is 11.6 Å². The molecule has 0 bridgehead atoms. The first kappa shape index (κ1) is 25.2. The molecule has 0 radical (unpaired) electrons. The molecule has 0 saturated heterocycles. The Morgan fingerprint density at radius 1 is 1.03 bits per heavy atom. The van der Waals surface area contributed by atoms with Gasteiger partial charge in [0.15, 0.2) is 11.5 Å². The van der Waals surface area contributed by atoms with E-state index in [1.54, 1.807) is 31.5 Å². The van der Waals surface area contributed by atoms with Crippen molar-refractivity contribution in [3.63, 3.8) is 0 Å². The summed E-state index contributed by atoms with van der Waals surface area (Å²) in [5.74, 6) is 1.54. The minimum absolute atomic E-state index is 0.173. The molecule has 3 atom stereocenters. The molecule has 4 aromatic carbocycles. The van der Waals surface area contributed by atoms with E-state index in [0.717, 1.165) is 17.7 Å². The van der Waals surface area contributed by atoms with E-state index in [0.29, 0.717) is 33.9 Å². The normalized spacial score (nSPS) is 19.4. The Balaban J connectivity index is 1.17. The number of ether oxygens (including phenoxy) is 2. The number of allylic oxidation sites excluding steroid dienone is 2. The van der Waals surface area contributed by atoms with E-state index in [-0.39, 0.29) is 18.5 Å². The largest absolute Gasteiger partial charge is 0.493 e. The molecule has 0 saturated carbocycles. The molecule has 0 amide bonds. The lowest BCUT2D eigenvalue weighted by Crippen LogP contribution is -2.28. The van der Waals surface area contributed by atoms with Crippen LogP contribution in [0.5, 0.6) is 11.5 Å². The first-order valence-corrected chi connectivity index (χ1v) is 13.4. The highest BCUT2D eigenvalue weighted by Gasteiger charge is 2.37. The Morgan fingerprint density at radius 2 is 1.87 bits per heavy atom. The minimum atomic E-state index is -0.311. The van der Waals surface area contributed by atoms with Gasteiger partial charge in [0, 0.05) is 17.8 Å². The quantitative estimate of drug-likeness (QED) is 0.189. The van der Waals surface area contributed by atoms with E-state index >= 15 is 0 Å². The number of halogens is 2. The number of anilines is 1. The summed E-state index contributed by atoms with van der Waals surface area (Å²) in [7, 11) is 1.56. The molecule has 1 aliphatic heterocycles. The lowest BCUT2D eigenvalue weighted by molar-refractivity contribution is 0.284. The van der Waals surface area contributed by atoms with Crippen molar-refractivity contribution in [2.75, 3.05) is 12.4 Å². The number of aliphatic imine (C=N–C) groups is 1. The molecule has 1 heterocycles. The van der Waals surface area contributed by atoms with Gasteiger partial charge in [-0.3, -0.25) is 4.99 Å². The zero-order valence-corrected chi connectivity index (χ0v) is 22.2. The second-order valence-electron chi connectivity index (χ2n) is 9.87. The molecular formula is C33H28ClFN2O2. The Morgan fingerprint density at radius 3 is 2.69 bits per heavy atom. The number of fused-ring (bicyclic) bond motifs is 3. The highest BCUT2D eigenvalue weighted by Crippen LogP contribution is 2.49. The van der Waals surface area contributed by atoms with Gasteiger partial charge in [0.1, 0.15) is 12.4 Å². The lowest BCUT2D eigenvalue weighted by Gasteiger charge is -2.37. The predicted molar refractivity (Wildman–Crippen MR) is 155 cm³/mol. The van der Waals surface area contributed by atoms with Crippen LogP contribution in [0.3, 0.4) is 0 Å². The van der Waals surface area contributed by atoms with E-state index in [1.165, 1.54) is 28.9 Å². The van der Waals surface area contributed by atoms with Crippen LogP contribution in [-0.4, -0.2) is 13.3 Å². The number of hydrogen-bond donors (Lipinski definition) is 1. The number of benzene rings is 4. The first-order valence-electron chi connectivity index (χ1n) is 13.0. The van der Waals surface area contributed by atoms with Crippen LogP contribution in [0, 0.1) is 11.7 Å². The maximum Gasteiger partial charge on any atom is 0.180 e. The smallest absolute Gasteiger partial charge is 0.180 e. The van der Waals surface area contributed by atoms with Gasteiger partial charge < -0.3 is 14.8 Å². The summed E-state index contributed by atoms with van der Waals surface area (Å²) in [6.45, 7) is 0.173. The summed E-state index contributed by atoms with van der Waals surface area (Å²) in [5, 5.41) is 4.17. The fraction of sp³-hybridized carbons (Fsp3) is 0.182. The molecule has 0 spiro atoms. The van der Waals surface area contributed by atoms with Gasteiger partial charge in [0.25, 0.3) is 0 Å². The zero-order chi connectivity index (χ0) is 26.8. The number of rotatable bonds is 7. The fourth-order valence-electron chi connectivity index (χ4n) is 5.53. The van der Waals surface area contributed by atoms with E-state index in [4.69, 9.17) is 21.1 Å². The molecule has 0 unspecified atom stereocenters. The Bertz CT molecular complexity index is 1550. The number of nitrogens with one attached hydrogen (secondary N) is 1. The first-order chi connectivity index (χ1) is 19.1. The number of nitrogens with zero attached hydrogens (tertiary/aromatic N) is 1. The fourth-order valence-corrected chi connectivity index (χ4v) is 5.80. The molecule has 6 heteroatoms. The third kappa shape index (κ3) is 5.27. The molecule has 1 N–H and O–H groups in total. The third-order valence-electron chi connectivity index (χ3n) is 7.41. The SMILES string of the molecule is COc1cc(C=Nc2ccc([C@@H]3Nc4ccccc4[C@@H]4C=CC[C@H]43)cc2)cc(Cl)c1OCc1cccc(F)c1. The third-order valence-corrected chi connectivity index (χ3v) is 7.69. The van der Waals surface area contributed by atoms with Crippen molar-refractivity contribution in [1.82, 2.24) is 0 Å². The molecule has 4 nitrogen and oxygen atoms in total. The Labute approximate surface area is 232 Å². The topological polar surface area (TPSA) is 42.8 Å². The Kier molecular flexibility index (Phi) is 7.08. The second-order valence-corrected chi connectivity index (χ2v) is 10.3.